The Morgan fingerprint density at radius 1 is 0.875 bits per heavy atom. The second-order valence-electron chi connectivity index (χ2n) is 5.28. The summed E-state index contributed by atoms with van der Waals surface area (Å²) < 4.78 is 116. The summed E-state index contributed by atoms with van der Waals surface area (Å²) >= 11 is 2.84. The molecule has 11 heteroatoms. The van der Waals surface area contributed by atoms with Crippen LogP contribution in [0.25, 0.3) is 0 Å². The van der Waals surface area contributed by atoms with Gasteiger partial charge in [-0.1, -0.05) is 34.1 Å². The Hall–Kier alpha value is -0.970. The Balaban J connectivity index is 3.27. The van der Waals surface area contributed by atoms with Crippen LogP contribution in [0.15, 0.2) is 28.7 Å². The molecule has 1 rings (SSSR count). The third-order valence-corrected chi connectivity index (χ3v) is 3.92. The van der Waals surface area contributed by atoms with Crippen LogP contribution in [-0.2, 0) is 5.60 Å². The lowest BCUT2D eigenvalue weighted by atomic mass is 9.86. The molecule has 0 aliphatic carbocycles. The first-order chi connectivity index (χ1) is 10.5. The maximum Gasteiger partial charge on any atom is 0.460 e. The predicted molar refractivity (Wildman–Crippen MR) is 69.2 cm³/mol. The number of hydrogen-bond donors (Lipinski definition) is 1. The van der Waals surface area contributed by atoms with E-state index in [2.05, 4.69) is 15.9 Å². The van der Waals surface area contributed by atoms with Crippen molar-refractivity contribution in [2.45, 2.75) is 42.9 Å². The average Bonchev–Trinajstić information content (AvgIpc) is 2.35. The molecule has 0 heterocycles. The second-order valence-corrected chi connectivity index (χ2v) is 6.14. The van der Waals surface area contributed by atoms with E-state index in [0.717, 1.165) is 6.07 Å². The predicted octanol–water partition coefficient (Wildman–Crippen LogP) is 5.51. The monoisotopic (exact) mass is 432 g/mol. The van der Waals surface area contributed by atoms with Crippen molar-refractivity contribution in [1.29, 1.82) is 0 Å². The van der Waals surface area contributed by atoms with Gasteiger partial charge in [0.05, 0.1) is 12.0 Å². The van der Waals surface area contributed by atoms with Gasteiger partial charge in [0.25, 0.3) is 0 Å². The molecule has 24 heavy (non-hydrogen) atoms. The lowest BCUT2D eigenvalue weighted by Gasteiger charge is -2.37. The first-order valence-corrected chi connectivity index (χ1v) is 6.94. The highest BCUT2D eigenvalue weighted by Gasteiger charge is 2.81. The molecule has 1 atom stereocenters. The molecule has 0 bridgehead atoms. The summed E-state index contributed by atoms with van der Waals surface area (Å²) in [6.07, 6.45) is -9.25. The van der Waals surface area contributed by atoms with Gasteiger partial charge in [0.15, 0.2) is 0 Å². The van der Waals surface area contributed by atoms with Crippen molar-refractivity contribution >= 4 is 15.9 Å². The molecule has 1 aromatic rings. The van der Waals surface area contributed by atoms with Gasteiger partial charge in [0, 0.05) is 4.47 Å². The van der Waals surface area contributed by atoms with E-state index in [1.807, 2.05) is 0 Å². The molecule has 1 N–H and O–H groups in total. The van der Waals surface area contributed by atoms with Crippen molar-refractivity contribution in [3.63, 3.8) is 0 Å². The van der Waals surface area contributed by atoms with Crippen LogP contribution in [0.1, 0.15) is 18.9 Å². The van der Waals surface area contributed by atoms with Crippen molar-refractivity contribution < 1.29 is 44.6 Å². The van der Waals surface area contributed by atoms with Crippen LogP contribution >= 0.6 is 15.9 Å². The third-order valence-electron chi connectivity index (χ3n) is 3.23. The summed E-state index contributed by atoms with van der Waals surface area (Å²) in [6, 6.07) is 4.88. The molecule has 1 unspecified atom stereocenters. The van der Waals surface area contributed by atoms with Gasteiger partial charge in [0.2, 0.25) is 0 Å². The second kappa shape index (κ2) is 6.08. The topological polar surface area (TPSA) is 20.2 Å². The Kier molecular flexibility index (Phi) is 5.34. The van der Waals surface area contributed by atoms with E-state index in [9.17, 15) is 44.6 Å². The molecule has 0 radical (unpaired) electrons. The van der Waals surface area contributed by atoms with Gasteiger partial charge in [-0.15, -0.1) is 0 Å². The van der Waals surface area contributed by atoms with Crippen molar-refractivity contribution in [3.8, 4) is 0 Å². The van der Waals surface area contributed by atoms with Gasteiger partial charge >= 0.3 is 23.9 Å². The van der Waals surface area contributed by atoms with Gasteiger partial charge in [-0.05, 0) is 18.6 Å². The fraction of sp³-hybridized carbons (Fsp3) is 0.538. The van der Waals surface area contributed by atoms with Crippen LogP contribution in [0.2, 0.25) is 0 Å². The lowest BCUT2D eigenvalue weighted by Crippen LogP contribution is -2.62. The third kappa shape index (κ3) is 3.51. The smallest absolute Gasteiger partial charge is 0.385 e. The first kappa shape index (κ1) is 21.1. The number of hydrogen-bond acceptors (Lipinski definition) is 1. The van der Waals surface area contributed by atoms with E-state index in [1.54, 1.807) is 0 Å². The first-order valence-electron chi connectivity index (χ1n) is 6.15. The van der Waals surface area contributed by atoms with Crippen LogP contribution in [0.5, 0.6) is 0 Å². The van der Waals surface area contributed by atoms with Crippen LogP contribution in [0.3, 0.4) is 0 Å². The minimum atomic E-state index is -6.98. The molecule has 1 nitrogen and oxygen atoms in total. The lowest BCUT2D eigenvalue weighted by molar-refractivity contribution is -0.400. The molecule has 0 saturated carbocycles. The summed E-state index contributed by atoms with van der Waals surface area (Å²) in [4.78, 5) is 0. The zero-order chi connectivity index (χ0) is 19.2. The molecular weight excluding hydrogens is 423 g/mol. The SMILES string of the molecule is CC(O)(CC(F)(F)C(F)(F)C(F)(F)C(F)(F)F)c1ccccc1Br. The minimum Gasteiger partial charge on any atom is -0.385 e. The largest absolute Gasteiger partial charge is 0.460 e. The van der Waals surface area contributed by atoms with E-state index in [4.69, 9.17) is 0 Å². The van der Waals surface area contributed by atoms with Gasteiger partial charge in [-0.2, -0.15) is 39.5 Å². The van der Waals surface area contributed by atoms with E-state index in [1.165, 1.54) is 18.2 Å². The molecule has 0 aromatic heterocycles. The Morgan fingerprint density at radius 2 is 1.33 bits per heavy atom. The average molecular weight is 433 g/mol. The van der Waals surface area contributed by atoms with Crippen molar-refractivity contribution in [2.24, 2.45) is 0 Å². The molecule has 138 valence electrons. The number of halogens is 10. The minimum absolute atomic E-state index is 0.0169. The summed E-state index contributed by atoms with van der Waals surface area (Å²) in [5.41, 5.74) is -3.19. The van der Waals surface area contributed by atoms with Crippen molar-refractivity contribution in [2.75, 3.05) is 0 Å². The standard InChI is InChI=1S/C13H10BrF9O/c1-9(24,7-4-2-3-5-8(7)14)6-10(15,16)11(17,18)12(19,20)13(21,22)23/h2-5,24H,6H2,1H3. The quantitative estimate of drug-likeness (QED) is 0.607. The summed E-state index contributed by atoms with van der Waals surface area (Å²) in [7, 11) is 0. The van der Waals surface area contributed by atoms with Crippen LogP contribution in [0, 0.1) is 0 Å². The van der Waals surface area contributed by atoms with E-state index >= 15 is 0 Å². The van der Waals surface area contributed by atoms with Crippen LogP contribution in [-0.4, -0.2) is 29.1 Å². The number of rotatable bonds is 5. The summed E-state index contributed by atoms with van der Waals surface area (Å²) in [5, 5.41) is 9.96. The van der Waals surface area contributed by atoms with Crippen molar-refractivity contribution in [3.05, 3.63) is 34.3 Å². The van der Waals surface area contributed by atoms with E-state index < -0.39 is 36.0 Å². The van der Waals surface area contributed by atoms with Gasteiger partial charge in [-0.3, -0.25) is 0 Å². The van der Waals surface area contributed by atoms with E-state index in [0.29, 0.717) is 6.92 Å². The van der Waals surface area contributed by atoms with Crippen LogP contribution < -0.4 is 0 Å². The fourth-order valence-electron chi connectivity index (χ4n) is 1.94. The molecule has 1 aromatic carbocycles. The van der Waals surface area contributed by atoms with E-state index in [-0.39, 0.29) is 10.0 Å². The highest BCUT2D eigenvalue weighted by Crippen LogP contribution is 2.55. The maximum absolute atomic E-state index is 13.6. The molecule has 0 spiro atoms. The Morgan fingerprint density at radius 3 is 1.75 bits per heavy atom. The highest BCUT2D eigenvalue weighted by molar-refractivity contribution is 9.10. The number of aliphatic hydroxyl groups is 1. The number of benzene rings is 1. The highest BCUT2D eigenvalue weighted by atomic mass is 79.9. The summed E-state index contributed by atoms with van der Waals surface area (Å²) in [5.74, 6) is -19.6. The van der Waals surface area contributed by atoms with Crippen LogP contribution in [0.4, 0.5) is 39.5 Å². The zero-order valence-electron chi connectivity index (χ0n) is 11.7. The van der Waals surface area contributed by atoms with Gasteiger partial charge < -0.3 is 5.11 Å². The summed E-state index contributed by atoms with van der Waals surface area (Å²) in [6.45, 7) is 0.600. The molecular formula is C13H10BrF9O. The number of alkyl halides is 9. The zero-order valence-corrected chi connectivity index (χ0v) is 13.3. The maximum atomic E-state index is 13.6. The van der Waals surface area contributed by atoms with Crippen molar-refractivity contribution in [1.82, 2.24) is 0 Å². The Bertz CT molecular complexity index is 595. The van der Waals surface area contributed by atoms with Gasteiger partial charge in [-0.25, -0.2) is 0 Å². The fourth-order valence-corrected chi connectivity index (χ4v) is 2.66. The normalized spacial score (nSPS) is 16.8. The molecule has 0 saturated heterocycles. The van der Waals surface area contributed by atoms with Gasteiger partial charge in [0.1, 0.15) is 0 Å². The molecule has 0 aliphatic rings. The molecule has 0 fully saturated rings. The molecule has 0 aliphatic heterocycles. The Labute approximate surface area is 138 Å². The molecule has 0 amide bonds.